The van der Waals surface area contributed by atoms with Gasteiger partial charge in [0.2, 0.25) is 5.91 Å². The molecule has 0 atom stereocenters. The summed E-state index contributed by atoms with van der Waals surface area (Å²) in [6, 6.07) is 1.57. The van der Waals surface area contributed by atoms with Crippen molar-refractivity contribution >= 4 is 17.6 Å². The summed E-state index contributed by atoms with van der Waals surface area (Å²) < 4.78 is 25.9. The fraction of sp³-hybridized carbons (Fsp3) is 0.111. The summed E-state index contributed by atoms with van der Waals surface area (Å²) in [5, 5.41) is 10.6. The molecule has 0 heterocycles. The molecule has 0 saturated carbocycles. The van der Waals surface area contributed by atoms with Gasteiger partial charge in [0.1, 0.15) is 0 Å². The number of carbonyl (C=O) groups is 2. The Labute approximate surface area is 83.5 Å². The fourth-order valence-corrected chi connectivity index (χ4v) is 1.03. The molecule has 15 heavy (non-hydrogen) atoms. The maximum absolute atomic E-state index is 13.1. The molecular formula is C9H7F2NO3. The minimum absolute atomic E-state index is 0.496. The Morgan fingerprint density at radius 2 is 1.93 bits per heavy atom. The third-order valence-electron chi connectivity index (χ3n) is 1.63. The summed E-state index contributed by atoms with van der Waals surface area (Å²) in [6.07, 6.45) is 0. The van der Waals surface area contributed by atoms with E-state index in [4.69, 9.17) is 5.11 Å². The van der Waals surface area contributed by atoms with E-state index in [-0.39, 0.29) is 0 Å². The molecule has 1 aromatic rings. The Morgan fingerprint density at radius 1 is 1.33 bits per heavy atom. The second-order valence-electron chi connectivity index (χ2n) is 2.77. The zero-order valence-corrected chi connectivity index (χ0v) is 7.67. The number of carboxylic acids is 1. The lowest BCUT2D eigenvalue weighted by Crippen LogP contribution is -2.13. The number of hydrogen-bond donors (Lipinski definition) is 2. The Balaban J connectivity index is 3.34. The molecule has 0 bridgehead atoms. The Kier molecular flexibility index (Phi) is 2.99. The average molecular weight is 215 g/mol. The molecule has 80 valence electrons. The van der Waals surface area contributed by atoms with Crippen molar-refractivity contribution in [1.29, 1.82) is 0 Å². The first-order valence-corrected chi connectivity index (χ1v) is 3.92. The highest BCUT2D eigenvalue weighted by Gasteiger charge is 2.18. The lowest BCUT2D eigenvalue weighted by Gasteiger charge is -2.07. The van der Waals surface area contributed by atoms with Crippen molar-refractivity contribution in [3.05, 3.63) is 29.3 Å². The van der Waals surface area contributed by atoms with E-state index in [1.54, 1.807) is 0 Å². The monoisotopic (exact) mass is 215 g/mol. The number of amides is 1. The first-order chi connectivity index (χ1) is 6.93. The van der Waals surface area contributed by atoms with Gasteiger partial charge in [-0.2, -0.15) is 0 Å². The third kappa shape index (κ3) is 2.28. The van der Waals surface area contributed by atoms with Gasteiger partial charge in [0.05, 0.1) is 11.3 Å². The Morgan fingerprint density at radius 3 is 2.40 bits per heavy atom. The number of benzene rings is 1. The van der Waals surface area contributed by atoms with E-state index in [1.165, 1.54) is 0 Å². The summed E-state index contributed by atoms with van der Waals surface area (Å²) in [6.45, 7) is 1.07. The van der Waals surface area contributed by atoms with Crippen LogP contribution < -0.4 is 5.32 Å². The molecule has 2 N–H and O–H groups in total. The molecule has 0 spiro atoms. The number of anilines is 1. The Hall–Kier alpha value is -1.98. The van der Waals surface area contributed by atoms with E-state index in [0.29, 0.717) is 6.07 Å². The molecule has 0 saturated heterocycles. The van der Waals surface area contributed by atoms with Crippen LogP contribution in [-0.2, 0) is 4.79 Å². The molecule has 0 aliphatic rings. The minimum atomic E-state index is -1.45. The van der Waals surface area contributed by atoms with Crippen LogP contribution in [0, 0.1) is 11.6 Å². The number of rotatable bonds is 2. The highest BCUT2D eigenvalue weighted by atomic mass is 19.2. The average Bonchev–Trinajstić information content (AvgIpc) is 2.12. The second-order valence-corrected chi connectivity index (χ2v) is 2.77. The van der Waals surface area contributed by atoms with Gasteiger partial charge in [0, 0.05) is 6.92 Å². The largest absolute Gasteiger partial charge is 0.478 e. The summed E-state index contributed by atoms with van der Waals surface area (Å²) in [5.41, 5.74) is -1.15. The van der Waals surface area contributed by atoms with Crippen molar-refractivity contribution in [3.63, 3.8) is 0 Å². The number of carbonyl (C=O) groups excluding carboxylic acids is 1. The van der Waals surface area contributed by atoms with E-state index in [1.807, 2.05) is 5.32 Å². The minimum Gasteiger partial charge on any atom is -0.478 e. The predicted molar refractivity (Wildman–Crippen MR) is 47.6 cm³/mol. The molecular weight excluding hydrogens is 208 g/mol. The standard InChI is InChI=1S/C9H7F2NO3/c1-4(13)12-8-5(9(14)15)2-3-6(10)7(8)11/h2-3H,1H3,(H,12,13)(H,14,15). The topological polar surface area (TPSA) is 66.4 Å². The molecule has 0 fully saturated rings. The van der Waals surface area contributed by atoms with Gasteiger partial charge in [-0.25, -0.2) is 13.6 Å². The molecule has 0 aromatic heterocycles. The van der Waals surface area contributed by atoms with E-state index < -0.39 is 34.8 Å². The van der Waals surface area contributed by atoms with Crippen molar-refractivity contribution in [3.8, 4) is 0 Å². The van der Waals surface area contributed by atoms with Gasteiger partial charge in [0.25, 0.3) is 0 Å². The predicted octanol–water partition coefficient (Wildman–Crippen LogP) is 1.62. The maximum atomic E-state index is 13.1. The zero-order valence-electron chi connectivity index (χ0n) is 7.67. The quantitative estimate of drug-likeness (QED) is 0.787. The van der Waals surface area contributed by atoms with Crippen molar-refractivity contribution in [2.75, 3.05) is 5.32 Å². The van der Waals surface area contributed by atoms with Crippen molar-refractivity contribution in [2.24, 2.45) is 0 Å². The molecule has 0 radical (unpaired) electrons. The van der Waals surface area contributed by atoms with E-state index in [0.717, 1.165) is 13.0 Å². The first-order valence-electron chi connectivity index (χ1n) is 3.92. The van der Waals surface area contributed by atoms with Crippen LogP contribution >= 0.6 is 0 Å². The zero-order chi connectivity index (χ0) is 11.6. The third-order valence-corrected chi connectivity index (χ3v) is 1.63. The van der Waals surface area contributed by atoms with Crippen LogP contribution in [0.5, 0.6) is 0 Å². The van der Waals surface area contributed by atoms with Gasteiger partial charge in [-0.05, 0) is 12.1 Å². The normalized spacial score (nSPS) is 9.80. The number of halogens is 2. The summed E-state index contributed by atoms with van der Waals surface area (Å²) in [5.74, 6) is -4.73. The highest BCUT2D eigenvalue weighted by molar-refractivity contribution is 6.00. The van der Waals surface area contributed by atoms with Gasteiger partial charge in [-0.3, -0.25) is 4.79 Å². The van der Waals surface area contributed by atoms with Gasteiger partial charge in [0.15, 0.2) is 11.6 Å². The molecule has 1 aromatic carbocycles. The van der Waals surface area contributed by atoms with Gasteiger partial charge >= 0.3 is 5.97 Å². The second kappa shape index (κ2) is 4.04. The van der Waals surface area contributed by atoms with Crippen LogP contribution in [0.4, 0.5) is 14.5 Å². The molecule has 0 aliphatic carbocycles. The van der Waals surface area contributed by atoms with Gasteiger partial charge in [-0.15, -0.1) is 0 Å². The number of hydrogen-bond acceptors (Lipinski definition) is 2. The van der Waals surface area contributed by atoms with Crippen LogP contribution in [0.15, 0.2) is 12.1 Å². The van der Waals surface area contributed by atoms with Crippen LogP contribution in [0.3, 0.4) is 0 Å². The van der Waals surface area contributed by atoms with Crippen LogP contribution in [-0.4, -0.2) is 17.0 Å². The fourth-order valence-electron chi connectivity index (χ4n) is 1.03. The summed E-state index contributed by atoms with van der Waals surface area (Å²) in [4.78, 5) is 21.3. The van der Waals surface area contributed by atoms with Crippen LogP contribution in [0.1, 0.15) is 17.3 Å². The smallest absolute Gasteiger partial charge is 0.337 e. The lowest BCUT2D eigenvalue weighted by atomic mass is 10.1. The number of aromatic carboxylic acids is 1. The van der Waals surface area contributed by atoms with Crippen molar-refractivity contribution < 1.29 is 23.5 Å². The number of carboxylic acid groups (broad SMARTS) is 1. The van der Waals surface area contributed by atoms with E-state index in [2.05, 4.69) is 0 Å². The first kappa shape index (κ1) is 11.1. The van der Waals surface area contributed by atoms with Crippen LogP contribution in [0.25, 0.3) is 0 Å². The van der Waals surface area contributed by atoms with Crippen molar-refractivity contribution in [2.45, 2.75) is 6.92 Å². The lowest BCUT2D eigenvalue weighted by molar-refractivity contribution is -0.114. The maximum Gasteiger partial charge on any atom is 0.337 e. The SMILES string of the molecule is CC(=O)Nc1c(C(=O)O)ccc(F)c1F. The molecule has 6 heteroatoms. The molecule has 0 unspecified atom stereocenters. The number of nitrogens with one attached hydrogen (secondary N) is 1. The van der Waals surface area contributed by atoms with Gasteiger partial charge < -0.3 is 10.4 Å². The van der Waals surface area contributed by atoms with E-state index >= 15 is 0 Å². The highest BCUT2D eigenvalue weighted by Crippen LogP contribution is 2.22. The summed E-state index contributed by atoms with van der Waals surface area (Å²) in [7, 11) is 0. The molecule has 1 rings (SSSR count). The van der Waals surface area contributed by atoms with Crippen molar-refractivity contribution in [1.82, 2.24) is 0 Å². The van der Waals surface area contributed by atoms with Gasteiger partial charge in [-0.1, -0.05) is 0 Å². The van der Waals surface area contributed by atoms with E-state index in [9.17, 15) is 18.4 Å². The molecule has 4 nitrogen and oxygen atoms in total. The Bertz CT molecular complexity index is 432. The van der Waals surface area contributed by atoms with Crippen LogP contribution in [0.2, 0.25) is 0 Å². The molecule has 1 amide bonds. The summed E-state index contributed by atoms with van der Waals surface area (Å²) >= 11 is 0. The molecule has 0 aliphatic heterocycles.